The third kappa shape index (κ3) is 4.67. The van der Waals surface area contributed by atoms with Crippen molar-refractivity contribution in [3.05, 3.63) is 65.5 Å². The third-order valence-electron chi connectivity index (χ3n) is 3.07. The van der Waals surface area contributed by atoms with Crippen LogP contribution < -0.4 is 4.74 Å². The molecule has 0 fully saturated rings. The van der Waals surface area contributed by atoms with Crippen molar-refractivity contribution >= 4 is 0 Å². The van der Waals surface area contributed by atoms with Gasteiger partial charge >= 0.3 is 0 Å². The number of aryl methyl sites for hydroxylation is 1. The van der Waals surface area contributed by atoms with Crippen LogP contribution in [0.25, 0.3) is 0 Å². The normalized spacial score (nSPS) is 12.2. The molecule has 0 saturated carbocycles. The summed E-state index contributed by atoms with van der Waals surface area (Å²) in [7, 11) is 0. The molecule has 0 aliphatic heterocycles. The molecule has 2 aromatic rings. The quantitative estimate of drug-likeness (QED) is 0.873. The average molecular weight is 274 g/mol. The molecular weight excluding hydrogens is 255 g/mol. The summed E-state index contributed by atoms with van der Waals surface area (Å²) in [6.45, 7) is 2.45. The molecule has 106 valence electrons. The molecule has 0 spiro atoms. The Morgan fingerprint density at radius 1 is 1.15 bits per heavy atom. The van der Waals surface area contributed by atoms with E-state index in [0.717, 1.165) is 16.9 Å². The number of rotatable bonds is 6. The van der Waals surface area contributed by atoms with Crippen molar-refractivity contribution < 1.29 is 14.2 Å². The van der Waals surface area contributed by atoms with E-state index in [1.54, 1.807) is 6.07 Å². The van der Waals surface area contributed by atoms with E-state index in [0.29, 0.717) is 19.4 Å². The van der Waals surface area contributed by atoms with Gasteiger partial charge in [-0.05, 0) is 48.7 Å². The maximum Gasteiger partial charge on any atom is 0.123 e. The topological polar surface area (TPSA) is 29.5 Å². The van der Waals surface area contributed by atoms with Gasteiger partial charge in [0.1, 0.15) is 11.6 Å². The van der Waals surface area contributed by atoms with Crippen LogP contribution in [0.2, 0.25) is 0 Å². The average Bonchev–Trinajstić information content (AvgIpc) is 2.38. The second-order valence-corrected chi connectivity index (χ2v) is 4.94. The number of aliphatic hydroxyl groups is 1. The maximum absolute atomic E-state index is 13.0. The van der Waals surface area contributed by atoms with Crippen LogP contribution in [0.15, 0.2) is 48.5 Å². The molecule has 1 N–H and O–H groups in total. The van der Waals surface area contributed by atoms with Gasteiger partial charge in [0, 0.05) is 6.42 Å². The first kappa shape index (κ1) is 14.5. The Labute approximate surface area is 118 Å². The van der Waals surface area contributed by atoms with Crippen LogP contribution in [0.1, 0.15) is 17.5 Å². The Morgan fingerprint density at radius 2 is 1.95 bits per heavy atom. The fourth-order valence-corrected chi connectivity index (χ4v) is 2.06. The smallest absolute Gasteiger partial charge is 0.123 e. The van der Waals surface area contributed by atoms with E-state index in [2.05, 4.69) is 0 Å². The first-order valence-corrected chi connectivity index (χ1v) is 6.75. The molecule has 0 bridgehead atoms. The zero-order valence-corrected chi connectivity index (χ0v) is 11.6. The summed E-state index contributed by atoms with van der Waals surface area (Å²) in [5.74, 6) is 0.536. The minimum Gasteiger partial charge on any atom is -0.493 e. The van der Waals surface area contributed by atoms with Gasteiger partial charge in [-0.3, -0.25) is 0 Å². The first-order chi connectivity index (χ1) is 9.63. The Morgan fingerprint density at radius 3 is 2.70 bits per heavy atom. The fourth-order valence-electron chi connectivity index (χ4n) is 2.06. The van der Waals surface area contributed by atoms with Gasteiger partial charge in [0.2, 0.25) is 0 Å². The maximum atomic E-state index is 13.0. The fraction of sp³-hybridized carbons (Fsp3) is 0.294. The first-order valence-electron chi connectivity index (χ1n) is 6.75. The molecule has 0 aromatic heterocycles. The van der Waals surface area contributed by atoms with Crippen molar-refractivity contribution in [1.29, 1.82) is 0 Å². The van der Waals surface area contributed by atoms with E-state index < -0.39 is 6.10 Å². The number of halogens is 1. The molecule has 0 amide bonds. The lowest BCUT2D eigenvalue weighted by Crippen LogP contribution is -2.15. The third-order valence-corrected chi connectivity index (χ3v) is 3.07. The molecule has 2 rings (SSSR count). The van der Waals surface area contributed by atoms with Crippen molar-refractivity contribution in [3.8, 4) is 5.75 Å². The van der Waals surface area contributed by atoms with Gasteiger partial charge in [-0.15, -0.1) is 0 Å². The monoisotopic (exact) mass is 274 g/mol. The zero-order valence-electron chi connectivity index (χ0n) is 11.6. The van der Waals surface area contributed by atoms with Gasteiger partial charge in [0.05, 0.1) is 12.7 Å². The van der Waals surface area contributed by atoms with Gasteiger partial charge < -0.3 is 9.84 Å². The molecule has 2 nitrogen and oxygen atoms in total. The molecular formula is C17H19FO2. The number of hydrogen-bond donors (Lipinski definition) is 1. The highest BCUT2D eigenvalue weighted by molar-refractivity contribution is 5.27. The highest BCUT2D eigenvalue weighted by atomic mass is 19.1. The van der Waals surface area contributed by atoms with Gasteiger partial charge in [0.15, 0.2) is 0 Å². The Kier molecular flexibility index (Phi) is 5.13. The number of hydrogen-bond acceptors (Lipinski definition) is 2. The van der Waals surface area contributed by atoms with Crippen LogP contribution in [0.5, 0.6) is 5.75 Å². The number of ether oxygens (including phenoxy) is 1. The standard InChI is InChI=1S/C17H19FO2/c1-13-4-2-7-17(10-13)20-9-8-16(19)12-14-5-3-6-15(18)11-14/h2-7,10-11,16,19H,8-9,12H2,1H3. The summed E-state index contributed by atoms with van der Waals surface area (Å²) in [5.41, 5.74) is 1.94. The van der Waals surface area contributed by atoms with Crippen LogP contribution in [0, 0.1) is 12.7 Å². The van der Waals surface area contributed by atoms with Crippen LogP contribution >= 0.6 is 0 Å². The van der Waals surface area contributed by atoms with Gasteiger partial charge in [-0.1, -0.05) is 24.3 Å². The Balaban J connectivity index is 1.76. The van der Waals surface area contributed by atoms with E-state index in [1.165, 1.54) is 12.1 Å². The van der Waals surface area contributed by atoms with Crippen molar-refractivity contribution in [2.45, 2.75) is 25.9 Å². The van der Waals surface area contributed by atoms with Crippen LogP contribution in [-0.4, -0.2) is 17.8 Å². The number of benzene rings is 2. The molecule has 20 heavy (non-hydrogen) atoms. The van der Waals surface area contributed by atoms with E-state index in [-0.39, 0.29) is 5.82 Å². The molecule has 0 radical (unpaired) electrons. The lowest BCUT2D eigenvalue weighted by molar-refractivity contribution is 0.139. The molecule has 1 unspecified atom stereocenters. The summed E-state index contributed by atoms with van der Waals surface area (Å²) in [6, 6.07) is 14.1. The van der Waals surface area contributed by atoms with E-state index in [4.69, 9.17) is 4.74 Å². The minimum absolute atomic E-state index is 0.272. The highest BCUT2D eigenvalue weighted by Gasteiger charge is 2.07. The predicted octanol–water partition coefficient (Wildman–Crippen LogP) is 3.51. The van der Waals surface area contributed by atoms with Crippen molar-refractivity contribution in [2.24, 2.45) is 0 Å². The van der Waals surface area contributed by atoms with E-state index in [1.807, 2.05) is 37.3 Å². The van der Waals surface area contributed by atoms with Gasteiger partial charge in [-0.25, -0.2) is 4.39 Å². The lowest BCUT2D eigenvalue weighted by atomic mass is 10.1. The van der Waals surface area contributed by atoms with Gasteiger partial charge in [0.25, 0.3) is 0 Å². The zero-order chi connectivity index (χ0) is 14.4. The second-order valence-electron chi connectivity index (χ2n) is 4.94. The Bertz CT molecular complexity index is 554. The molecule has 0 heterocycles. The van der Waals surface area contributed by atoms with E-state index in [9.17, 15) is 9.50 Å². The molecule has 2 aromatic carbocycles. The summed E-state index contributed by atoms with van der Waals surface area (Å²) in [6.07, 6.45) is 0.431. The Hall–Kier alpha value is -1.87. The molecule has 1 atom stereocenters. The highest BCUT2D eigenvalue weighted by Crippen LogP contribution is 2.13. The van der Waals surface area contributed by atoms with Crippen LogP contribution in [0.4, 0.5) is 4.39 Å². The minimum atomic E-state index is -0.526. The molecule has 0 aliphatic carbocycles. The molecule has 3 heteroatoms. The SMILES string of the molecule is Cc1cccc(OCCC(O)Cc2cccc(F)c2)c1. The van der Waals surface area contributed by atoms with Gasteiger partial charge in [-0.2, -0.15) is 0 Å². The summed E-state index contributed by atoms with van der Waals surface area (Å²) in [4.78, 5) is 0. The second kappa shape index (κ2) is 7.06. The van der Waals surface area contributed by atoms with E-state index >= 15 is 0 Å². The van der Waals surface area contributed by atoms with Crippen molar-refractivity contribution in [1.82, 2.24) is 0 Å². The molecule has 0 aliphatic rings. The van der Waals surface area contributed by atoms with Crippen LogP contribution in [-0.2, 0) is 6.42 Å². The lowest BCUT2D eigenvalue weighted by Gasteiger charge is -2.12. The molecule has 0 saturated heterocycles. The van der Waals surface area contributed by atoms with Crippen LogP contribution in [0.3, 0.4) is 0 Å². The summed E-state index contributed by atoms with van der Waals surface area (Å²) in [5, 5.41) is 9.92. The summed E-state index contributed by atoms with van der Waals surface area (Å²) >= 11 is 0. The predicted molar refractivity (Wildman–Crippen MR) is 77.4 cm³/mol. The van der Waals surface area contributed by atoms with Crippen molar-refractivity contribution in [2.75, 3.05) is 6.61 Å². The summed E-state index contributed by atoms with van der Waals surface area (Å²) < 4.78 is 18.6. The number of aliphatic hydroxyl groups excluding tert-OH is 1. The largest absolute Gasteiger partial charge is 0.493 e. The van der Waals surface area contributed by atoms with Crippen molar-refractivity contribution in [3.63, 3.8) is 0 Å².